The first-order valence-corrected chi connectivity index (χ1v) is 19.4. The van der Waals surface area contributed by atoms with Gasteiger partial charge in [-0.05, 0) is 69.5 Å². The molecule has 49 heavy (non-hydrogen) atoms. The average molecular weight is 708 g/mol. The molecule has 0 aliphatic carbocycles. The highest BCUT2D eigenvalue weighted by Gasteiger charge is 2.44. The maximum Gasteiger partial charge on any atom is 0.328 e. The molecule has 2 atom stereocenters. The summed E-state index contributed by atoms with van der Waals surface area (Å²) >= 11 is 4.17. The van der Waals surface area contributed by atoms with Crippen molar-refractivity contribution in [1.82, 2.24) is 10.6 Å². The number of hydrogen-bond donors (Lipinski definition) is 3. The van der Waals surface area contributed by atoms with E-state index in [0.717, 1.165) is 12.6 Å². The second kappa shape index (κ2) is 21.2. The topological polar surface area (TPSA) is 128 Å². The molecule has 0 aliphatic heterocycles. The van der Waals surface area contributed by atoms with Crippen molar-refractivity contribution in [2.75, 3.05) is 25.1 Å². The Labute approximate surface area is 295 Å². The lowest BCUT2D eigenvalue weighted by atomic mass is 10.1. The minimum atomic E-state index is -2.02. The lowest BCUT2D eigenvalue weighted by Gasteiger charge is -2.27. The van der Waals surface area contributed by atoms with E-state index in [1.54, 1.807) is 13.8 Å². The molecule has 3 aromatic carbocycles. The summed E-state index contributed by atoms with van der Waals surface area (Å²) < 4.78 is 10.0. The summed E-state index contributed by atoms with van der Waals surface area (Å²) in [5, 5.41) is 9.21. The zero-order valence-electron chi connectivity index (χ0n) is 28.3. The molecule has 3 aromatic rings. The van der Waals surface area contributed by atoms with E-state index in [2.05, 4.69) is 96.1 Å². The predicted octanol–water partition coefficient (Wildman–Crippen LogP) is 4.31. The van der Waals surface area contributed by atoms with E-state index in [0.29, 0.717) is 6.42 Å². The molecule has 262 valence electrons. The molecule has 0 unspecified atom stereocenters. The minimum absolute atomic E-state index is 0.00260. The molecular formula is C38H48N2O7PS+. The summed E-state index contributed by atoms with van der Waals surface area (Å²) in [6, 6.07) is 29.7. The van der Waals surface area contributed by atoms with Crippen molar-refractivity contribution in [3.8, 4) is 0 Å². The number of Topliss-reactive ketones (excluding diaryl/α,β-unsaturated/α-hetero) is 1. The standard InChI is InChI=1S/C38H47N2O7PS/c1-3-46-37(44)26-24-34(41)33(28-49)40-36(43)25-23-32(38(45)47-4-2)39-35(42)22-14-15-27-48(29-16-8-5-9-17-29,30-18-10-6-11-19-30)31-20-12-7-13-21-31/h5-13,16-21,32-33H,3-4,14-15,22-28H2,1-2H3,(H2-,39,40,42,43,49)/p+1/t32-,33-/m0/s1. The van der Waals surface area contributed by atoms with Gasteiger partial charge in [-0.2, -0.15) is 12.6 Å². The highest BCUT2D eigenvalue weighted by Crippen LogP contribution is 2.55. The molecule has 0 fully saturated rings. The Bertz CT molecular complexity index is 1400. The number of benzene rings is 3. The normalized spacial score (nSPS) is 12.3. The van der Waals surface area contributed by atoms with Crippen LogP contribution < -0.4 is 26.5 Å². The molecule has 0 spiro atoms. The van der Waals surface area contributed by atoms with Crippen molar-refractivity contribution < 1.29 is 33.4 Å². The van der Waals surface area contributed by atoms with E-state index < -0.39 is 37.2 Å². The second-order valence-electron chi connectivity index (χ2n) is 11.5. The molecule has 0 heterocycles. The quantitative estimate of drug-likeness (QED) is 0.0652. The maximum atomic E-state index is 13.1. The lowest BCUT2D eigenvalue weighted by molar-refractivity contribution is -0.147. The van der Waals surface area contributed by atoms with E-state index in [1.165, 1.54) is 15.9 Å². The Morgan fingerprint density at radius 1 is 0.633 bits per heavy atom. The van der Waals surface area contributed by atoms with E-state index in [9.17, 15) is 24.0 Å². The molecule has 3 rings (SSSR count). The Morgan fingerprint density at radius 2 is 1.12 bits per heavy atom. The van der Waals surface area contributed by atoms with Gasteiger partial charge in [0.1, 0.15) is 29.2 Å². The SMILES string of the molecule is CCOC(=O)CCC(=O)[C@H](CS)NC(=O)CC[C@H](NC(=O)CCCC[P+](c1ccccc1)(c1ccccc1)c1ccccc1)C(=O)OCC. The van der Waals surface area contributed by atoms with Crippen molar-refractivity contribution in [3.05, 3.63) is 91.0 Å². The van der Waals surface area contributed by atoms with Crippen LogP contribution in [0.1, 0.15) is 58.8 Å². The number of unbranched alkanes of at least 4 members (excludes halogenated alkanes) is 1. The Kier molecular flexibility index (Phi) is 17.0. The molecule has 2 N–H and O–H groups in total. The van der Waals surface area contributed by atoms with Crippen LogP contribution in [-0.2, 0) is 33.4 Å². The van der Waals surface area contributed by atoms with Gasteiger partial charge >= 0.3 is 11.9 Å². The smallest absolute Gasteiger partial charge is 0.328 e. The second-order valence-corrected chi connectivity index (χ2v) is 15.5. The molecule has 0 saturated carbocycles. The first kappa shape index (κ1) is 39.4. The summed E-state index contributed by atoms with van der Waals surface area (Å²) in [5.74, 6) is -2.18. The molecule has 9 nitrogen and oxygen atoms in total. The van der Waals surface area contributed by atoms with Crippen LogP contribution in [0.5, 0.6) is 0 Å². The Hall–Kier alpha value is -4.01. The predicted molar refractivity (Wildman–Crippen MR) is 198 cm³/mol. The van der Waals surface area contributed by atoms with Gasteiger partial charge in [-0.3, -0.25) is 19.2 Å². The summed E-state index contributed by atoms with van der Waals surface area (Å²) in [4.78, 5) is 62.7. The lowest BCUT2D eigenvalue weighted by Crippen LogP contribution is -2.45. The number of nitrogens with one attached hydrogen (secondary N) is 2. The van der Waals surface area contributed by atoms with Gasteiger partial charge < -0.3 is 20.1 Å². The number of carbonyl (C=O) groups excluding carboxylic acids is 5. The van der Waals surface area contributed by atoms with Gasteiger partial charge in [-0.25, -0.2) is 4.79 Å². The van der Waals surface area contributed by atoms with Gasteiger partial charge in [0.05, 0.1) is 31.8 Å². The highest BCUT2D eigenvalue weighted by atomic mass is 32.1. The Morgan fingerprint density at radius 3 is 1.61 bits per heavy atom. The number of ether oxygens (including phenoxy) is 2. The van der Waals surface area contributed by atoms with Crippen LogP contribution >= 0.6 is 19.9 Å². The molecule has 0 saturated heterocycles. The largest absolute Gasteiger partial charge is 0.466 e. The molecular weight excluding hydrogens is 659 g/mol. The number of rotatable bonds is 21. The zero-order chi connectivity index (χ0) is 35.5. The monoisotopic (exact) mass is 707 g/mol. The van der Waals surface area contributed by atoms with Crippen LogP contribution in [0.25, 0.3) is 0 Å². The number of hydrogen-bond acceptors (Lipinski definition) is 8. The summed E-state index contributed by atoms with van der Waals surface area (Å²) in [6.07, 6.45) is 2.15. The number of ketones is 1. The van der Waals surface area contributed by atoms with Gasteiger partial charge in [-0.15, -0.1) is 0 Å². The minimum Gasteiger partial charge on any atom is -0.466 e. The van der Waals surface area contributed by atoms with Crippen molar-refractivity contribution in [3.63, 3.8) is 0 Å². The fourth-order valence-corrected chi connectivity index (χ4v) is 10.4. The van der Waals surface area contributed by atoms with E-state index in [-0.39, 0.29) is 62.8 Å². The highest BCUT2D eigenvalue weighted by molar-refractivity contribution is 7.95. The van der Waals surface area contributed by atoms with Crippen LogP contribution in [-0.4, -0.2) is 66.7 Å². The first-order chi connectivity index (χ1) is 23.7. The fraction of sp³-hybridized carbons (Fsp3) is 0.395. The van der Waals surface area contributed by atoms with Crippen LogP contribution in [0, 0.1) is 0 Å². The zero-order valence-corrected chi connectivity index (χ0v) is 30.1. The average Bonchev–Trinajstić information content (AvgIpc) is 3.12. The number of carbonyl (C=O) groups is 5. The van der Waals surface area contributed by atoms with Gasteiger partial charge in [0, 0.05) is 25.0 Å². The van der Waals surface area contributed by atoms with E-state index >= 15 is 0 Å². The number of amides is 2. The third-order valence-electron chi connectivity index (χ3n) is 8.09. The van der Waals surface area contributed by atoms with E-state index in [4.69, 9.17) is 9.47 Å². The fourth-order valence-electron chi connectivity index (χ4n) is 5.68. The third-order valence-corrected chi connectivity index (χ3v) is 13.0. The van der Waals surface area contributed by atoms with Crippen LogP contribution in [0.4, 0.5) is 0 Å². The molecule has 11 heteroatoms. The third kappa shape index (κ3) is 12.1. The number of esters is 2. The molecule has 0 radical (unpaired) electrons. The van der Waals surface area contributed by atoms with Gasteiger partial charge in [0.15, 0.2) is 5.78 Å². The van der Waals surface area contributed by atoms with Crippen molar-refractivity contribution >= 4 is 65.3 Å². The molecule has 0 aromatic heterocycles. The molecule has 2 amide bonds. The molecule has 0 bridgehead atoms. The van der Waals surface area contributed by atoms with E-state index in [1.807, 2.05) is 18.2 Å². The van der Waals surface area contributed by atoms with Crippen molar-refractivity contribution in [1.29, 1.82) is 0 Å². The van der Waals surface area contributed by atoms with Gasteiger partial charge in [0.2, 0.25) is 11.8 Å². The Balaban J connectivity index is 1.62. The first-order valence-electron chi connectivity index (χ1n) is 16.8. The van der Waals surface area contributed by atoms with Crippen LogP contribution in [0.2, 0.25) is 0 Å². The van der Waals surface area contributed by atoms with Gasteiger partial charge in [0.25, 0.3) is 0 Å². The van der Waals surface area contributed by atoms with Crippen molar-refractivity contribution in [2.45, 2.75) is 70.9 Å². The van der Waals surface area contributed by atoms with Crippen LogP contribution in [0.3, 0.4) is 0 Å². The summed E-state index contributed by atoms with van der Waals surface area (Å²) in [7, 11) is -2.02. The summed E-state index contributed by atoms with van der Waals surface area (Å²) in [5.41, 5.74) is 0. The number of thiol groups is 1. The van der Waals surface area contributed by atoms with Crippen LogP contribution in [0.15, 0.2) is 91.0 Å². The maximum absolute atomic E-state index is 13.1. The summed E-state index contributed by atoms with van der Waals surface area (Å²) in [6.45, 7) is 3.69. The van der Waals surface area contributed by atoms with Gasteiger partial charge in [-0.1, -0.05) is 54.6 Å². The molecule has 0 aliphatic rings. The van der Waals surface area contributed by atoms with Crippen molar-refractivity contribution in [2.24, 2.45) is 0 Å².